The first kappa shape index (κ1) is 15.1. The average molecular weight is 248 g/mol. The highest BCUT2D eigenvalue weighted by molar-refractivity contribution is 5.27. The van der Waals surface area contributed by atoms with Gasteiger partial charge in [-0.05, 0) is 18.3 Å². The molecule has 2 nitrogen and oxygen atoms in total. The van der Waals surface area contributed by atoms with Gasteiger partial charge >= 0.3 is 0 Å². The Balaban J connectivity index is 0.000000771. The highest BCUT2D eigenvalue weighted by Crippen LogP contribution is 2.49. The quantitative estimate of drug-likeness (QED) is 0.622. The van der Waals surface area contributed by atoms with Crippen molar-refractivity contribution < 1.29 is 0 Å². The number of hydrogen-bond acceptors (Lipinski definition) is 2. The molecule has 2 heteroatoms. The highest BCUT2D eigenvalue weighted by atomic mass is 14.8. The summed E-state index contributed by atoms with van der Waals surface area (Å²) >= 11 is 0. The van der Waals surface area contributed by atoms with E-state index in [2.05, 4.69) is 44.6 Å². The zero-order chi connectivity index (χ0) is 14.0. The van der Waals surface area contributed by atoms with Crippen molar-refractivity contribution in [1.82, 2.24) is 9.97 Å². The van der Waals surface area contributed by atoms with Crippen molar-refractivity contribution >= 4 is 0 Å². The maximum Gasteiger partial charge on any atom is 0.0682 e. The van der Waals surface area contributed by atoms with Gasteiger partial charge in [-0.25, -0.2) is 0 Å². The average Bonchev–Trinajstić information content (AvgIpc) is 2.43. The molecule has 1 heterocycles. The predicted molar refractivity (Wildman–Crippen MR) is 77.8 cm³/mol. The van der Waals surface area contributed by atoms with Crippen molar-refractivity contribution in [3.63, 3.8) is 0 Å². The number of fused-ring (bicyclic) bond motifs is 1. The Kier molecular flexibility index (Phi) is 4.52. The van der Waals surface area contributed by atoms with E-state index in [-0.39, 0.29) is 10.8 Å². The van der Waals surface area contributed by atoms with Crippen molar-refractivity contribution in [1.29, 1.82) is 0 Å². The third-order valence-corrected chi connectivity index (χ3v) is 4.68. The normalized spacial score (nSPS) is 24.3. The molecule has 1 aliphatic rings. The topological polar surface area (TPSA) is 25.8 Å². The third-order valence-electron chi connectivity index (χ3n) is 4.68. The molecule has 1 atom stereocenters. The molecule has 1 aliphatic carbocycles. The minimum absolute atomic E-state index is 0.0986. The van der Waals surface area contributed by atoms with E-state index in [4.69, 9.17) is 0 Å². The Hall–Kier alpha value is -0.920. The number of hydrogen-bond donors (Lipinski definition) is 0. The van der Waals surface area contributed by atoms with Gasteiger partial charge in [-0.2, -0.15) is 0 Å². The van der Waals surface area contributed by atoms with Gasteiger partial charge in [0.2, 0.25) is 0 Å². The Labute approximate surface area is 112 Å². The largest absolute Gasteiger partial charge is 0.257 e. The van der Waals surface area contributed by atoms with Crippen LogP contribution in [0.1, 0.15) is 78.6 Å². The van der Waals surface area contributed by atoms with Crippen molar-refractivity contribution in [3.8, 4) is 0 Å². The zero-order valence-electron chi connectivity index (χ0n) is 13.0. The van der Waals surface area contributed by atoms with Gasteiger partial charge in [-0.3, -0.25) is 9.97 Å². The van der Waals surface area contributed by atoms with E-state index >= 15 is 0 Å². The molecule has 0 bridgehead atoms. The lowest BCUT2D eigenvalue weighted by Gasteiger charge is -2.40. The highest BCUT2D eigenvalue weighted by Gasteiger charge is 2.43. The summed E-state index contributed by atoms with van der Waals surface area (Å²) in [6.07, 6.45) is 6.10. The van der Waals surface area contributed by atoms with Crippen molar-refractivity contribution in [3.05, 3.63) is 23.8 Å². The molecule has 2 rings (SSSR count). The lowest BCUT2D eigenvalue weighted by Crippen LogP contribution is -2.37. The Bertz CT molecular complexity index is 394. The van der Waals surface area contributed by atoms with Crippen LogP contribution in [0.15, 0.2) is 12.4 Å². The first-order valence-electron chi connectivity index (χ1n) is 7.17. The van der Waals surface area contributed by atoms with E-state index in [0.717, 1.165) is 0 Å². The van der Waals surface area contributed by atoms with Gasteiger partial charge in [0, 0.05) is 23.7 Å². The molecular weight excluding hydrogens is 220 g/mol. The van der Waals surface area contributed by atoms with Crippen LogP contribution in [0.25, 0.3) is 0 Å². The fourth-order valence-electron chi connectivity index (χ4n) is 2.54. The van der Waals surface area contributed by atoms with Crippen LogP contribution in [-0.2, 0) is 5.41 Å². The van der Waals surface area contributed by atoms with Crippen LogP contribution < -0.4 is 0 Å². The molecule has 0 aliphatic heterocycles. The van der Waals surface area contributed by atoms with Crippen LogP contribution >= 0.6 is 0 Å². The molecule has 1 unspecified atom stereocenters. The first-order valence-corrected chi connectivity index (χ1v) is 7.17. The summed E-state index contributed by atoms with van der Waals surface area (Å²) in [6, 6.07) is 0. The fourth-order valence-corrected chi connectivity index (χ4v) is 2.54. The zero-order valence-corrected chi connectivity index (χ0v) is 13.0. The van der Waals surface area contributed by atoms with Gasteiger partial charge in [-0.1, -0.05) is 48.5 Å². The van der Waals surface area contributed by atoms with E-state index in [1.807, 2.05) is 26.2 Å². The van der Waals surface area contributed by atoms with Gasteiger partial charge in [0.15, 0.2) is 0 Å². The van der Waals surface area contributed by atoms with Crippen LogP contribution in [0.5, 0.6) is 0 Å². The molecule has 18 heavy (non-hydrogen) atoms. The second kappa shape index (κ2) is 5.38. The summed E-state index contributed by atoms with van der Waals surface area (Å²) in [6.45, 7) is 15.6. The summed E-state index contributed by atoms with van der Waals surface area (Å²) < 4.78 is 0. The molecule has 102 valence electrons. The number of aromatic nitrogens is 2. The van der Waals surface area contributed by atoms with Crippen LogP contribution in [0.3, 0.4) is 0 Å². The maximum absolute atomic E-state index is 4.62. The van der Waals surface area contributed by atoms with Crippen molar-refractivity contribution in [2.24, 2.45) is 5.41 Å². The van der Waals surface area contributed by atoms with Crippen LogP contribution in [0.2, 0.25) is 0 Å². The molecule has 0 spiro atoms. The summed E-state index contributed by atoms with van der Waals surface area (Å²) in [7, 11) is 0. The third kappa shape index (κ3) is 2.43. The lowest BCUT2D eigenvalue weighted by atomic mass is 9.65. The molecule has 0 aromatic carbocycles. The monoisotopic (exact) mass is 248 g/mol. The minimum Gasteiger partial charge on any atom is -0.257 e. The van der Waals surface area contributed by atoms with Crippen LogP contribution in [0.4, 0.5) is 0 Å². The van der Waals surface area contributed by atoms with Crippen molar-refractivity contribution in [2.45, 2.75) is 72.6 Å². The maximum atomic E-state index is 4.62. The van der Waals surface area contributed by atoms with Crippen LogP contribution in [0, 0.1) is 5.41 Å². The SMILES string of the molecule is CC.CC1CCC(C)(C)C(C)(C)c2nccnc21. The molecule has 0 radical (unpaired) electrons. The molecule has 0 saturated heterocycles. The standard InChI is InChI=1S/C14H22N2.C2H6/c1-10-6-7-13(2,3)14(4,5)12-11(10)15-8-9-16-12;1-2/h8-10H,6-7H2,1-5H3;1-2H3. The van der Waals surface area contributed by atoms with Gasteiger partial charge in [0.1, 0.15) is 0 Å². The van der Waals surface area contributed by atoms with E-state index in [1.165, 1.54) is 24.2 Å². The minimum atomic E-state index is 0.0986. The van der Waals surface area contributed by atoms with Crippen LogP contribution in [-0.4, -0.2) is 9.97 Å². The van der Waals surface area contributed by atoms with Gasteiger partial charge in [0.05, 0.1) is 11.4 Å². The fraction of sp³-hybridized carbons (Fsp3) is 0.750. The molecular formula is C16H28N2. The number of rotatable bonds is 0. The van der Waals surface area contributed by atoms with E-state index in [9.17, 15) is 0 Å². The summed E-state index contributed by atoms with van der Waals surface area (Å²) in [5.74, 6) is 0.532. The number of nitrogens with zero attached hydrogens (tertiary/aromatic N) is 2. The Morgan fingerprint density at radius 3 is 2.22 bits per heavy atom. The molecule has 0 fully saturated rings. The summed E-state index contributed by atoms with van der Waals surface area (Å²) in [5, 5.41) is 0. The predicted octanol–water partition coefficient (Wildman–Crippen LogP) is 4.70. The molecule has 1 aromatic rings. The molecule has 0 N–H and O–H groups in total. The van der Waals surface area contributed by atoms with Gasteiger partial charge in [-0.15, -0.1) is 0 Å². The van der Waals surface area contributed by atoms with Gasteiger partial charge < -0.3 is 0 Å². The smallest absolute Gasteiger partial charge is 0.0682 e. The molecule has 0 saturated carbocycles. The summed E-state index contributed by atoms with van der Waals surface area (Å²) in [5.41, 5.74) is 2.78. The lowest BCUT2D eigenvalue weighted by molar-refractivity contribution is 0.178. The Morgan fingerprint density at radius 1 is 1.06 bits per heavy atom. The van der Waals surface area contributed by atoms with Crippen molar-refractivity contribution in [2.75, 3.05) is 0 Å². The molecule has 1 aromatic heterocycles. The Morgan fingerprint density at radius 2 is 1.61 bits per heavy atom. The second-order valence-corrected chi connectivity index (χ2v) is 6.24. The van der Waals surface area contributed by atoms with Gasteiger partial charge in [0.25, 0.3) is 0 Å². The van der Waals surface area contributed by atoms with E-state index in [1.54, 1.807) is 0 Å². The van der Waals surface area contributed by atoms with E-state index in [0.29, 0.717) is 5.92 Å². The van der Waals surface area contributed by atoms with E-state index < -0.39 is 0 Å². The molecule has 0 amide bonds. The first-order chi connectivity index (χ1) is 8.36. The second-order valence-electron chi connectivity index (χ2n) is 6.24. The summed E-state index contributed by atoms with van der Waals surface area (Å²) in [4.78, 5) is 9.17.